The van der Waals surface area contributed by atoms with Crippen LogP contribution in [-0.2, 0) is 17.0 Å². The van der Waals surface area contributed by atoms with E-state index in [1.807, 2.05) is 42.6 Å². The smallest absolute Gasteiger partial charge is 0.230 e. The Labute approximate surface area is 150 Å². The highest BCUT2D eigenvalue weighted by Crippen LogP contribution is 2.18. The monoisotopic (exact) mass is 358 g/mol. The summed E-state index contributed by atoms with van der Waals surface area (Å²) in [6, 6.07) is 15.9. The first-order chi connectivity index (χ1) is 11.7. The van der Waals surface area contributed by atoms with Crippen LogP contribution in [0.15, 0.2) is 54.7 Å². The van der Waals surface area contributed by atoms with Crippen molar-refractivity contribution in [3.05, 3.63) is 70.9 Å². The van der Waals surface area contributed by atoms with Gasteiger partial charge in [-0.15, -0.1) is 11.8 Å². The molecular weight excluding hydrogens is 340 g/mol. The van der Waals surface area contributed by atoms with Gasteiger partial charge < -0.3 is 10.3 Å². The van der Waals surface area contributed by atoms with Crippen LogP contribution in [0, 0.1) is 0 Å². The van der Waals surface area contributed by atoms with Crippen molar-refractivity contribution in [3.8, 4) is 0 Å². The predicted molar refractivity (Wildman–Crippen MR) is 103 cm³/mol. The molecule has 1 heterocycles. The van der Waals surface area contributed by atoms with Crippen LogP contribution in [0.2, 0.25) is 5.02 Å². The third kappa shape index (κ3) is 4.56. The fourth-order valence-electron chi connectivity index (χ4n) is 2.57. The van der Waals surface area contributed by atoms with E-state index < -0.39 is 0 Å². The number of carbonyl (C=O) groups excluding carboxylic acids is 1. The van der Waals surface area contributed by atoms with E-state index in [2.05, 4.69) is 22.4 Å². The van der Waals surface area contributed by atoms with Crippen LogP contribution in [0.3, 0.4) is 0 Å². The van der Waals surface area contributed by atoms with E-state index in [1.165, 1.54) is 16.5 Å². The predicted octanol–water partition coefficient (Wildman–Crippen LogP) is 4.41. The molecule has 0 spiro atoms. The standard InChI is InChI=1S/C19H19ClN2OS/c20-16-7-5-14(6-8-16)12-24-13-19(23)21-10-9-15-11-22-18-4-2-1-3-17(15)18/h1-8,11,22H,9-10,12-13H2,(H,21,23). The van der Waals surface area contributed by atoms with Crippen LogP contribution in [-0.4, -0.2) is 23.2 Å². The first kappa shape index (κ1) is 16.9. The Hall–Kier alpha value is -1.91. The highest BCUT2D eigenvalue weighted by Gasteiger charge is 2.05. The number of aromatic amines is 1. The number of H-pyrrole nitrogens is 1. The van der Waals surface area contributed by atoms with Crippen molar-refractivity contribution in [2.75, 3.05) is 12.3 Å². The Kier molecular flexibility index (Phi) is 5.83. The Balaban J connectivity index is 1.39. The summed E-state index contributed by atoms with van der Waals surface area (Å²) in [5.41, 5.74) is 3.55. The summed E-state index contributed by atoms with van der Waals surface area (Å²) in [5.74, 6) is 1.36. The van der Waals surface area contributed by atoms with Crippen LogP contribution in [0.1, 0.15) is 11.1 Å². The molecule has 3 nitrogen and oxygen atoms in total. The van der Waals surface area contributed by atoms with Gasteiger partial charge >= 0.3 is 0 Å². The molecule has 0 aliphatic rings. The molecule has 0 unspecified atom stereocenters. The first-order valence-electron chi connectivity index (χ1n) is 7.86. The van der Waals surface area contributed by atoms with E-state index >= 15 is 0 Å². The van der Waals surface area contributed by atoms with Crippen LogP contribution in [0.5, 0.6) is 0 Å². The van der Waals surface area contributed by atoms with Crippen molar-refractivity contribution in [1.29, 1.82) is 0 Å². The minimum atomic E-state index is 0.0776. The van der Waals surface area contributed by atoms with Gasteiger partial charge in [-0.25, -0.2) is 0 Å². The molecule has 124 valence electrons. The number of hydrogen-bond acceptors (Lipinski definition) is 2. The number of para-hydroxylation sites is 1. The van der Waals surface area contributed by atoms with Gasteiger partial charge in [0.15, 0.2) is 0 Å². The topological polar surface area (TPSA) is 44.9 Å². The SMILES string of the molecule is O=C(CSCc1ccc(Cl)cc1)NCCc1c[nH]c2ccccc12. The second kappa shape index (κ2) is 8.27. The maximum atomic E-state index is 11.9. The van der Waals surface area contributed by atoms with Gasteiger partial charge in [-0.05, 0) is 35.7 Å². The Bertz CT molecular complexity index is 814. The zero-order valence-electron chi connectivity index (χ0n) is 13.2. The van der Waals surface area contributed by atoms with Crippen molar-refractivity contribution in [2.24, 2.45) is 0 Å². The minimum absolute atomic E-state index is 0.0776. The number of rotatable bonds is 7. The number of benzene rings is 2. The summed E-state index contributed by atoms with van der Waals surface area (Å²) in [6.07, 6.45) is 2.85. The van der Waals surface area contributed by atoms with E-state index in [4.69, 9.17) is 11.6 Å². The molecular formula is C19H19ClN2OS. The molecule has 0 radical (unpaired) electrons. The van der Waals surface area contributed by atoms with Gasteiger partial charge in [-0.3, -0.25) is 4.79 Å². The average Bonchev–Trinajstić information content (AvgIpc) is 3.00. The van der Waals surface area contributed by atoms with Gasteiger partial charge in [0, 0.05) is 34.4 Å². The second-order valence-electron chi connectivity index (χ2n) is 5.58. The maximum Gasteiger partial charge on any atom is 0.230 e. The molecule has 2 aromatic carbocycles. The van der Waals surface area contributed by atoms with Gasteiger partial charge in [0.05, 0.1) is 5.75 Å². The second-order valence-corrected chi connectivity index (χ2v) is 7.00. The Morgan fingerprint density at radius 3 is 2.75 bits per heavy atom. The maximum absolute atomic E-state index is 11.9. The Morgan fingerprint density at radius 1 is 1.12 bits per heavy atom. The quantitative estimate of drug-likeness (QED) is 0.657. The lowest BCUT2D eigenvalue weighted by molar-refractivity contribution is -0.118. The number of carbonyl (C=O) groups is 1. The summed E-state index contributed by atoms with van der Waals surface area (Å²) in [4.78, 5) is 15.2. The third-order valence-electron chi connectivity index (χ3n) is 3.81. The highest BCUT2D eigenvalue weighted by molar-refractivity contribution is 7.99. The summed E-state index contributed by atoms with van der Waals surface area (Å²) in [6.45, 7) is 0.655. The zero-order chi connectivity index (χ0) is 16.8. The van der Waals surface area contributed by atoms with Gasteiger partial charge in [0.2, 0.25) is 5.91 Å². The molecule has 3 rings (SSSR count). The summed E-state index contributed by atoms with van der Waals surface area (Å²) < 4.78 is 0. The van der Waals surface area contributed by atoms with Gasteiger partial charge in [-0.2, -0.15) is 0 Å². The molecule has 0 bridgehead atoms. The number of halogens is 1. The van der Waals surface area contributed by atoms with Crippen LogP contribution in [0.25, 0.3) is 10.9 Å². The number of aromatic nitrogens is 1. The first-order valence-corrected chi connectivity index (χ1v) is 9.39. The zero-order valence-corrected chi connectivity index (χ0v) is 14.8. The fraction of sp³-hybridized carbons (Fsp3) is 0.211. The number of thioether (sulfide) groups is 1. The van der Waals surface area contributed by atoms with Crippen LogP contribution >= 0.6 is 23.4 Å². The minimum Gasteiger partial charge on any atom is -0.361 e. The van der Waals surface area contributed by atoms with Crippen molar-refractivity contribution in [3.63, 3.8) is 0 Å². The summed E-state index contributed by atoms with van der Waals surface area (Å²) in [5, 5.41) is 4.95. The van der Waals surface area contributed by atoms with Crippen molar-refractivity contribution in [1.82, 2.24) is 10.3 Å². The molecule has 2 N–H and O–H groups in total. The van der Waals surface area contributed by atoms with E-state index in [1.54, 1.807) is 11.8 Å². The molecule has 1 aromatic heterocycles. The Morgan fingerprint density at radius 2 is 1.92 bits per heavy atom. The van der Waals surface area contributed by atoms with Crippen molar-refractivity contribution < 1.29 is 4.79 Å². The van der Waals surface area contributed by atoms with Crippen LogP contribution < -0.4 is 5.32 Å². The molecule has 0 aliphatic heterocycles. The number of fused-ring (bicyclic) bond motifs is 1. The number of nitrogens with one attached hydrogen (secondary N) is 2. The van der Waals surface area contributed by atoms with Gasteiger partial charge in [0.1, 0.15) is 0 Å². The van der Waals surface area contributed by atoms with E-state index in [0.717, 1.165) is 22.7 Å². The van der Waals surface area contributed by atoms with Gasteiger partial charge in [0.25, 0.3) is 0 Å². The molecule has 0 saturated carbocycles. The number of hydrogen-bond donors (Lipinski definition) is 2. The average molecular weight is 359 g/mol. The lowest BCUT2D eigenvalue weighted by Gasteiger charge is -2.05. The van der Waals surface area contributed by atoms with Gasteiger partial charge in [-0.1, -0.05) is 41.9 Å². The molecule has 24 heavy (non-hydrogen) atoms. The molecule has 0 aliphatic carbocycles. The third-order valence-corrected chi connectivity index (χ3v) is 5.06. The van der Waals surface area contributed by atoms with E-state index in [-0.39, 0.29) is 5.91 Å². The molecule has 0 fully saturated rings. The molecule has 5 heteroatoms. The van der Waals surface area contributed by atoms with Crippen molar-refractivity contribution >= 4 is 40.2 Å². The highest BCUT2D eigenvalue weighted by atomic mass is 35.5. The molecule has 3 aromatic rings. The molecule has 1 amide bonds. The number of amides is 1. The molecule has 0 saturated heterocycles. The normalized spacial score (nSPS) is 10.9. The lowest BCUT2D eigenvalue weighted by Crippen LogP contribution is -2.27. The van der Waals surface area contributed by atoms with E-state index in [0.29, 0.717) is 12.3 Å². The van der Waals surface area contributed by atoms with E-state index in [9.17, 15) is 4.79 Å². The molecule has 0 atom stereocenters. The fourth-order valence-corrected chi connectivity index (χ4v) is 3.51. The summed E-state index contributed by atoms with van der Waals surface area (Å²) in [7, 11) is 0. The summed E-state index contributed by atoms with van der Waals surface area (Å²) >= 11 is 7.47. The van der Waals surface area contributed by atoms with Crippen molar-refractivity contribution in [2.45, 2.75) is 12.2 Å². The lowest BCUT2D eigenvalue weighted by atomic mass is 10.1. The van der Waals surface area contributed by atoms with Crippen LogP contribution in [0.4, 0.5) is 0 Å². The largest absolute Gasteiger partial charge is 0.361 e.